The van der Waals surface area contributed by atoms with Gasteiger partial charge in [-0.3, -0.25) is 4.79 Å². The van der Waals surface area contributed by atoms with Crippen molar-refractivity contribution in [3.63, 3.8) is 0 Å². The highest BCUT2D eigenvalue weighted by Crippen LogP contribution is 2.15. The fourth-order valence-electron chi connectivity index (χ4n) is 0.889. The third-order valence-corrected chi connectivity index (χ3v) is 1.87. The molecule has 0 radical (unpaired) electrons. The molecule has 13 heavy (non-hydrogen) atoms. The molecule has 0 aliphatic heterocycles. The largest absolute Gasteiger partial charge is 0.294 e. The van der Waals surface area contributed by atoms with Gasteiger partial charge in [0.25, 0.3) is 0 Å². The van der Waals surface area contributed by atoms with Crippen molar-refractivity contribution in [2.24, 2.45) is 5.92 Å². The Labute approximate surface area is 80.7 Å². The highest BCUT2D eigenvalue weighted by molar-refractivity contribution is 6.31. The summed E-state index contributed by atoms with van der Waals surface area (Å²) in [7, 11) is 0. The Morgan fingerprint density at radius 2 is 2.23 bits per heavy atom. The number of aromatic nitrogens is 1. The van der Waals surface area contributed by atoms with Crippen LogP contribution in [0.3, 0.4) is 0 Å². The van der Waals surface area contributed by atoms with Crippen molar-refractivity contribution in [2.45, 2.75) is 13.8 Å². The topological polar surface area (TPSA) is 30.0 Å². The number of rotatable bonds is 2. The smallest absolute Gasteiger partial charge is 0.231 e. The van der Waals surface area contributed by atoms with Crippen molar-refractivity contribution in [3.8, 4) is 0 Å². The molecule has 0 amide bonds. The molecule has 0 saturated heterocycles. The maximum atomic E-state index is 12.6. The number of halogens is 2. The average molecular weight is 202 g/mol. The van der Waals surface area contributed by atoms with Gasteiger partial charge in [-0.05, 0) is 6.07 Å². The van der Waals surface area contributed by atoms with Crippen molar-refractivity contribution in [3.05, 3.63) is 28.8 Å². The van der Waals surface area contributed by atoms with Gasteiger partial charge in [-0.25, -0.2) is 4.98 Å². The Kier molecular flexibility index (Phi) is 2.98. The molecular weight excluding hydrogens is 193 g/mol. The lowest BCUT2D eigenvalue weighted by atomic mass is 10.0. The summed E-state index contributed by atoms with van der Waals surface area (Å²) >= 11 is 5.47. The number of ketones is 1. The van der Waals surface area contributed by atoms with Gasteiger partial charge < -0.3 is 0 Å². The van der Waals surface area contributed by atoms with Gasteiger partial charge in [-0.1, -0.05) is 25.4 Å². The van der Waals surface area contributed by atoms with E-state index in [0.29, 0.717) is 5.56 Å². The van der Waals surface area contributed by atoms with Crippen LogP contribution in [-0.2, 0) is 0 Å². The van der Waals surface area contributed by atoms with Gasteiger partial charge >= 0.3 is 0 Å². The Hall–Kier alpha value is -0.960. The van der Waals surface area contributed by atoms with Gasteiger partial charge in [0.15, 0.2) is 5.78 Å². The minimum atomic E-state index is -0.748. The van der Waals surface area contributed by atoms with E-state index in [9.17, 15) is 9.18 Å². The summed E-state index contributed by atoms with van der Waals surface area (Å²) in [6.45, 7) is 3.53. The van der Waals surface area contributed by atoms with Crippen molar-refractivity contribution in [1.82, 2.24) is 4.98 Å². The number of pyridine rings is 1. The molecule has 0 N–H and O–H groups in total. The molecule has 0 spiro atoms. The fourth-order valence-corrected chi connectivity index (χ4v) is 1.06. The first kappa shape index (κ1) is 10.1. The predicted molar refractivity (Wildman–Crippen MR) is 48.4 cm³/mol. The van der Waals surface area contributed by atoms with Crippen LogP contribution in [0.15, 0.2) is 12.3 Å². The van der Waals surface area contributed by atoms with Crippen LogP contribution in [-0.4, -0.2) is 10.8 Å². The summed E-state index contributed by atoms with van der Waals surface area (Å²) < 4.78 is 12.6. The second-order valence-electron chi connectivity index (χ2n) is 3.02. The molecule has 0 fully saturated rings. The van der Waals surface area contributed by atoms with Crippen LogP contribution in [0.4, 0.5) is 4.39 Å². The van der Waals surface area contributed by atoms with E-state index in [4.69, 9.17) is 11.6 Å². The van der Waals surface area contributed by atoms with E-state index in [0.717, 1.165) is 0 Å². The zero-order chi connectivity index (χ0) is 10.0. The number of hydrogen-bond acceptors (Lipinski definition) is 2. The van der Waals surface area contributed by atoms with Gasteiger partial charge in [0.2, 0.25) is 5.95 Å². The summed E-state index contributed by atoms with van der Waals surface area (Å²) in [4.78, 5) is 14.7. The van der Waals surface area contributed by atoms with E-state index in [1.165, 1.54) is 12.3 Å². The van der Waals surface area contributed by atoms with Crippen LogP contribution in [0, 0.1) is 11.9 Å². The molecule has 4 heteroatoms. The lowest BCUT2D eigenvalue weighted by Crippen LogP contribution is -2.08. The Morgan fingerprint density at radius 1 is 1.62 bits per heavy atom. The molecule has 1 rings (SSSR count). The van der Waals surface area contributed by atoms with Crippen molar-refractivity contribution < 1.29 is 9.18 Å². The van der Waals surface area contributed by atoms with Crippen molar-refractivity contribution in [1.29, 1.82) is 0 Å². The Morgan fingerprint density at radius 3 is 2.69 bits per heavy atom. The highest BCUT2D eigenvalue weighted by Gasteiger charge is 2.12. The number of Topliss-reactive ketones (excluding diaryl/α,β-unsaturated/α-hetero) is 1. The van der Waals surface area contributed by atoms with Crippen molar-refractivity contribution >= 4 is 17.4 Å². The molecule has 0 aromatic carbocycles. The molecule has 1 aromatic heterocycles. The van der Waals surface area contributed by atoms with Gasteiger partial charge in [-0.15, -0.1) is 0 Å². The zero-order valence-electron chi connectivity index (χ0n) is 7.34. The normalized spacial score (nSPS) is 10.5. The van der Waals surface area contributed by atoms with E-state index in [1.807, 2.05) is 0 Å². The maximum Gasteiger partial charge on any atom is 0.231 e. The molecule has 0 aliphatic carbocycles. The molecule has 0 aliphatic rings. The maximum absolute atomic E-state index is 12.6. The van der Waals surface area contributed by atoms with Gasteiger partial charge in [0, 0.05) is 17.7 Å². The number of hydrogen-bond donors (Lipinski definition) is 0. The summed E-state index contributed by atoms with van der Waals surface area (Å²) in [6.07, 6.45) is 1.20. The first-order valence-electron chi connectivity index (χ1n) is 3.87. The standard InChI is InChI=1S/C9H9ClFNO/c1-5(2)8(13)6-3-7(10)9(11)12-4-6/h3-5H,1-2H3. The van der Waals surface area contributed by atoms with E-state index in [-0.39, 0.29) is 16.7 Å². The quantitative estimate of drug-likeness (QED) is 0.544. The summed E-state index contributed by atoms with van der Waals surface area (Å²) in [5.41, 5.74) is 0.349. The second-order valence-corrected chi connectivity index (χ2v) is 3.42. The molecule has 0 saturated carbocycles. The fraction of sp³-hybridized carbons (Fsp3) is 0.333. The summed E-state index contributed by atoms with van der Waals surface area (Å²) in [5, 5.41) is -0.119. The molecule has 0 bridgehead atoms. The van der Waals surface area contributed by atoms with E-state index in [1.54, 1.807) is 13.8 Å². The Balaban J connectivity index is 3.04. The first-order chi connectivity index (χ1) is 6.02. The Bertz CT molecular complexity index is 338. The van der Waals surface area contributed by atoms with Gasteiger partial charge in [0.1, 0.15) is 0 Å². The molecule has 0 atom stereocenters. The predicted octanol–water partition coefficient (Wildman–Crippen LogP) is 2.71. The van der Waals surface area contributed by atoms with Crippen LogP contribution >= 0.6 is 11.6 Å². The molecular formula is C9H9ClFNO. The molecule has 2 nitrogen and oxygen atoms in total. The minimum absolute atomic E-state index is 0.0885. The number of nitrogens with zero attached hydrogens (tertiary/aromatic N) is 1. The van der Waals surface area contributed by atoms with Crippen LogP contribution in [0.1, 0.15) is 24.2 Å². The highest BCUT2D eigenvalue weighted by atomic mass is 35.5. The SMILES string of the molecule is CC(C)C(=O)c1cnc(F)c(Cl)c1. The molecule has 1 aromatic rings. The zero-order valence-corrected chi connectivity index (χ0v) is 8.10. The first-order valence-corrected chi connectivity index (χ1v) is 4.25. The number of carbonyl (C=O) groups excluding carboxylic acids is 1. The summed E-state index contributed by atoms with van der Waals surface area (Å²) in [6, 6.07) is 1.30. The summed E-state index contributed by atoms with van der Waals surface area (Å²) in [5.74, 6) is -0.972. The lowest BCUT2D eigenvalue weighted by Gasteiger charge is -2.03. The van der Waals surface area contributed by atoms with Crippen LogP contribution < -0.4 is 0 Å². The third kappa shape index (κ3) is 2.25. The van der Waals surface area contributed by atoms with E-state index < -0.39 is 5.95 Å². The van der Waals surface area contributed by atoms with Crippen LogP contribution in [0.5, 0.6) is 0 Å². The molecule has 1 heterocycles. The van der Waals surface area contributed by atoms with Crippen molar-refractivity contribution in [2.75, 3.05) is 0 Å². The molecule has 0 unspecified atom stereocenters. The second kappa shape index (κ2) is 3.83. The van der Waals surface area contributed by atoms with Crippen LogP contribution in [0.25, 0.3) is 0 Å². The monoisotopic (exact) mass is 201 g/mol. The third-order valence-electron chi connectivity index (χ3n) is 1.61. The minimum Gasteiger partial charge on any atom is -0.294 e. The van der Waals surface area contributed by atoms with Gasteiger partial charge in [0.05, 0.1) is 5.02 Å². The molecule has 70 valence electrons. The average Bonchev–Trinajstić information content (AvgIpc) is 2.08. The number of carbonyl (C=O) groups is 1. The van der Waals surface area contributed by atoms with Crippen LogP contribution in [0.2, 0.25) is 5.02 Å². The van der Waals surface area contributed by atoms with E-state index >= 15 is 0 Å². The lowest BCUT2D eigenvalue weighted by molar-refractivity contribution is 0.0939. The van der Waals surface area contributed by atoms with E-state index in [2.05, 4.69) is 4.98 Å². The van der Waals surface area contributed by atoms with Gasteiger partial charge in [-0.2, -0.15) is 4.39 Å².